The highest BCUT2D eigenvalue weighted by Gasteiger charge is 2.26. The number of fused-ring (bicyclic) bond motifs is 4. The van der Waals surface area contributed by atoms with Crippen molar-refractivity contribution >= 4 is 23.2 Å². The summed E-state index contributed by atoms with van der Waals surface area (Å²) >= 11 is 0. The van der Waals surface area contributed by atoms with E-state index in [9.17, 15) is 10.4 Å². The van der Waals surface area contributed by atoms with Crippen LogP contribution >= 0.6 is 0 Å². The molecule has 1 aliphatic heterocycles. The van der Waals surface area contributed by atoms with Gasteiger partial charge in [-0.25, -0.2) is 9.67 Å². The molecule has 216 valence electrons. The van der Waals surface area contributed by atoms with E-state index in [1.807, 2.05) is 45.2 Å². The summed E-state index contributed by atoms with van der Waals surface area (Å²) in [5.74, 6) is 0.956. The molecule has 41 heavy (non-hydrogen) atoms. The summed E-state index contributed by atoms with van der Waals surface area (Å²) in [7, 11) is 3.50. The normalized spacial score (nSPS) is 17.2. The van der Waals surface area contributed by atoms with Gasteiger partial charge in [-0.1, -0.05) is 6.92 Å². The smallest absolute Gasteiger partial charge is 0.241 e. The molecule has 5 heterocycles. The number of aliphatic hydroxyl groups is 1. The van der Waals surface area contributed by atoms with E-state index in [4.69, 9.17) is 19.3 Å². The first-order chi connectivity index (χ1) is 19.9. The van der Waals surface area contributed by atoms with Gasteiger partial charge in [0, 0.05) is 44.4 Å². The Morgan fingerprint density at radius 3 is 2.88 bits per heavy atom. The summed E-state index contributed by atoms with van der Waals surface area (Å²) in [6.07, 6.45) is 5.39. The summed E-state index contributed by atoms with van der Waals surface area (Å²) < 4.78 is 21.3. The van der Waals surface area contributed by atoms with Crippen molar-refractivity contribution in [3.63, 3.8) is 0 Å². The maximum Gasteiger partial charge on any atom is 0.241 e. The van der Waals surface area contributed by atoms with Crippen LogP contribution in [-0.2, 0) is 24.9 Å². The largest absolute Gasteiger partial charge is 0.473 e. The average Bonchev–Trinajstić information content (AvgIpc) is 3.62. The van der Waals surface area contributed by atoms with Crippen LogP contribution in [0.15, 0.2) is 12.3 Å². The second-order valence-electron chi connectivity index (χ2n) is 10.1. The van der Waals surface area contributed by atoms with E-state index in [1.165, 1.54) is 0 Å². The zero-order valence-electron chi connectivity index (χ0n) is 24.0. The minimum absolute atomic E-state index is 0.103. The molecule has 4 aromatic heterocycles. The average molecular weight is 562 g/mol. The number of aromatic amines is 1. The van der Waals surface area contributed by atoms with E-state index in [-0.39, 0.29) is 25.4 Å². The number of hydrogen-bond donors (Lipinski definition) is 2. The molecule has 0 aliphatic carbocycles. The molecule has 0 fully saturated rings. The molecule has 0 saturated heterocycles. The summed E-state index contributed by atoms with van der Waals surface area (Å²) in [6.45, 7) is 7.93. The van der Waals surface area contributed by atoms with Gasteiger partial charge in [-0.2, -0.15) is 15.5 Å². The topological polar surface area (TPSA) is 152 Å². The molecule has 0 aromatic carbocycles. The van der Waals surface area contributed by atoms with Gasteiger partial charge in [-0.05, 0) is 38.6 Å². The molecule has 0 radical (unpaired) electrons. The Bertz CT molecular complexity index is 1600. The summed E-state index contributed by atoms with van der Waals surface area (Å²) in [5.41, 5.74) is 5.29. The van der Waals surface area contributed by atoms with Gasteiger partial charge in [0.25, 0.3) is 0 Å². The Hall–Kier alpha value is -4.25. The first kappa shape index (κ1) is 28.3. The zero-order chi connectivity index (χ0) is 29.1. The first-order valence-corrected chi connectivity index (χ1v) is 13.6. The molecule has 13 heteroatoms. The number of pyridine rings is 1. The van der Waals surface area contributed by atoms with Crippen molar-refractivity contribution in [3.8, 4) is 29.0 Å². The number of likely N-dealkylation sites (N-methyl/N-ethyl adjacent to an activating group) is 1. The number of hydrogen-bond acceptors (Lipinski definition) is 10. The zero-order valence-corrected chi connectivity index (χ0v) is 24.0. The number of aliphatic hydroxyl groups excluding tert-OH is 1. The van der Waals surface area contributed by atoms with Crippen molar-refractivity contribution in [3.05, 3.63) is 34.9 Å². The number of H-pyrrole nitrogens is 1. The molecule has 4 aromatic rings. The number of methoxy groups -OCH3 is 1. The lowest BCUT2D eigenvalue weighted by molar-refractivity contribution is 0.132. The van der Waals surface area contributed by atoms with Crippen molar-refractivity contribution in [1.29, 1.82) is 5.26 Å². The number of aromatic nitrogens is 7. The Morgan fingerprint density at radius 1 is 1.32 bits per heavy atom. The Morgan fingerprint density at radius 2 is 2.15 bits per heavy atom. The minimum atomic E-state index is -0.304. The van der Waals surface area contributed by atoms with Gasteiger partial charge in [-0.3, -0.25) is 14.7 Å². The van der Waals surface area contributed by atoms with Gasteiger partial charge in [0.15, 0.2) is 12.3 Å². The SMILES string of the molecule is CCN1Cc2c(c(OCC#N)nn2C(C)CO)/C=C/c2[nH]nc3ncc(cc23)-c2c(COC)nn(C)c2OC(C)C1. The standard InChI is InChI=1S/C28H35N9O4/c1-6-36-13-18(3)41-28-25(23(16-39-5)33-35(28)4)19-11-21-22(31-32-26(21)30-12-19)8-7-20-24(14-36)37(17(2)15-38)34-27(20)40-10-9-29/h7-8,11-12,17-18,38H,6,10,13-16H2,1-5H3,(H,30,31,32)/b8-7+. The van der Waals surface area contributed by atoms with Gasteiger partial charge < -0.3 is 19.3 Å². The molecule has 0 spiro atoms. The van der Waals surface area contributed by atoms with Crippen molar-refractivity contribution < 1.29 is 19.3 Å². The van der Waals surface area contributed by atoms with Crippen LogP contribution in [0.4, 0.5) is 0 Å². The van der Waals surface area contributed by atoms with Crippen molar-refractivity contribution in [2.24, 2.45) is 7.05 Å². The van der Waals surface area contributed by atoms with Crippen molar-refractivity contribution in [1.82, 2.24) is 39.6 Å². The quantitative estimate of drug-likeness (QED) is 0.344. The van der Waals surface area contributed by atoms with Crippen LogP contribution in [0.2, 0.25) is 0 Å². The van der Waals surface area contributed by atoms with Gasteiger partial charge in [0.1, 0.15) is 12.2 Å². The van der Waals surface area contributed by atoms with E-state index in [1.54, 1.807) is 22.7 Å². The highest BCUT2D eigenvalue weighted by molar-refractivity contribution is 5.91. The van der Waals surface area contributed by atoms with Gasteiger partial charge in [-0.15, -0.1) is 5.10 Å². The molecule has 1 aliphatic rings. The predicted molar refractivity (Wildman–Crippen MR) is 152 cm³/mol. The third kappa shape index (κ3) is 5.54. The number of nitrogens with zero attached hydrogens (tertiary/aromatic N) is 8. The third-order valence-electron chi connectivity index (χ3n) is 7.11. The fourth-order valence-electron chi connectivity index (χ4n) is 5.12. The Kier molecular flexibility index (Phi) is 8.34. The predicted octanol–water partition coefficient (Wildman–Crippen LogP) is 2.93. The lowest BCUT2D eigenvalue weighted by Crippen LogP contribution is -2.35. The second-order valence-corrected chi connectivity index (χ2v) is 10.1. The van der Waals surface area contributed by atoms with Crippen LogP contribution in [0.3, 0.4) is 0 Å². The third-order valence-corrected chi connectivity index (χ3v) is 7.11. The fourth-order valence-corrected chi connectivity index (χ4v) is 5.12. The number of rotatable bonds is 7. The van der Waals surface area contributed by atoms with E-state index >= 15 is 0 Å². The van der Waals surface area contributed by atoms with E-state index in [0.717, 1.165) is 45.7 Å². The molecule has 2 unspecified atom stereocenters. The molecule has 5 rings (SSSR count). The minimum Gasteiger partial charge on any atom is -0.473 e. The monoisotopic (exact) mass is 561 g/mol. The molecule has 2 atom stereocenters. The fraction of sp³-hybridized carbons (Fsp3) is 0.464. The molecule has 13 nitrogen and oxygen atoms in total. The first-order valence-electron chi connectivity index (χ1n) is 13.6. The van der Waals surface area contributed by atoms with Crippen LogP contribution in [0.5, 0.6) is 11.8 Å². The Balaban J connectivity index is 1.73. The van der Waals surface area contributed by atoms with E-state index in [0.29, 0.717) is 37.1 Å². The molecular weight excluding hydrogens is 526 g/mol. The lowest BCUT2D eigenvalue weighted by Gasteiger charge is -2.26. The molecule has 0 amide bonds. The maximum atomic E-state index is 10.0. The Labute approximate surface area is 237 Å². The van der Waals surface area contributed by atoms with Gasteiger partial charge in [0.2, 0.25) is 11.8 Å². The van der Waals surface area contributed by atoms with Gasteiger partial charge >= 0.3 is 0 Å². The van der Waals surface area contributed by atoms with Crippen LogP contribution in [0.25, 0.3) is 34.3 Å². The number of aryl methyl sites for hydroxylation is 1. The second kappa shape index (κ2) is 12.1. The number of nitrogens with one attached hydrogen (secondary N) is 1. The van der Waals surface area contributed by atoms with Crippen LogP contribution in [0, 0.1) is 11.3 Å². The van der Waals surface area contributed by atoms with Crippen molar-refractivity contribution in [2.45, 2.75) is 46.1 Å². The molecule has 0 saturated carbocycles. The number of nitriles is 1. The lowest BCUT2D eigenvalue weighted by atomic mass is 10.1. The van der Waals surface area contributed by atoms with Crippen LogP contribution in [0.1, 0.15) is 49.5 Å². The number of ether oxygens (including phenoxy) is 3. The highest BCUT2D eigenvalue weighted by Crippen LogP contribution is 2.36. The maximum absolute atomic E-state index is 10.0. The molecule has 2 N–H and O–H groups in total. The summed E-state index contributed by atoms with van der Waals surface area (Å²) in [6, 6.07) is 3.73. The van der Waals surface area contributed by atoms with E-state index in [2.05, 4.69) is 32.1 Å². The highest BCUT2D eigenvalue weighted by atomic mass is 16.5. The molecule has 2 bridgehead atoms. The summed E-state index contributed by atoms with van der Waals surface area (Å²) in [4.78, 5) is 6.86. The van der Waals surface area contributed by atoms with E-state index < -0.39 is 0 Å². The van der Waals surface area contributed by atoms with Crippen LogP contribution < -0.4 is 9.47 Å². The molecular formula is C28H35N9O4. The summed E-state index contributed by atoms with van der Waals surface area (Å²) in [5, 5.41) is 36.9. The van der Waals surface area contributed by atoms with Crippen molar-refractivity contribution in [2.75, 3.05) is 33.4 Å². The van der Waals surface area contributed by atoms with Crippen LogP contribution in [-0.4, -0.2) is 84.3 Å². The van der Waals surface area contributed by atoms with Gasteiger partial charge in [0.05, 0.1) is 47.5 Å².